The minimum Gasteiger partial charge on any atom is -0.356 e. The zero-order chi connectivity index (χ0) is 16.7. The van der Waals surface area contributed by atoms with Crippen molar-refractivity contribution in [3.63, 3.8) is 0 Å². The second kappa shape index (κ2) is 11.1. The molecule has 6 nitrogen and oxygen atoms in total. The number of nitrogens with zero attached hydrogens (tertiary/aromatic N) is 3. The third kappa shape index (κ3) is 6.74. The Kier molecular flexibility index (Phi) is 9.95. The van der Waals surface area contributed by atoms with Gasteiger partial charge in [0, 0.05) is 58.8 Å². The normalized spacial score (nSPS) is 19.7. The molecule has 2 rings (SSSR count). The van der Waals surface area contributed by atoms with Crippen molar-refractivity contribution in [2.75, 3.05) is 52.9 Å². The van der Waals surface area contributed by atoms with Crippen LogP contribution < -0.4 is 10.6 Å². The molecule has 140 valence electrons. The van der Waals surface area contributed by atoms with E-state index in [9.17, 15) is 4.79 Å². The Balaban J connectivity index is 0.00000288. The van der Waals surface area contributed by atoms with Crippen molar-refractivity contribution in [3.8, 4) is 0 Å². The van der Waals surface area contributed by atoms with Gasteiger partial charge in [0.1, 0.15) is 0 Å². The quantitative estimate of drug-likeness (QED) is 0.364. The maximum absolute atomic E-state index is 12.2. The standard InChI is InChI=1S/C17H33N5O.HI/c1-14(2)13-20-17(18-3)19-7-8-21-9-11-22(12-10-21)16(23)15-5-4-6-15;/h14-15H,4-13H2,1-3H3,(H2,18,19,20);1H. The summed E-state index contributed by atoms with van der Waals surface area (Å²) >= 11 is 0. The number of hydrogen-bond acceptors (Lipinski definition) is 3. The van der Waals surface area contributed by atoms with E-state index in [1.807, 2.05) is 0 Å². The van der Waals surface area contributed by atoms with Crippen LogP contribution >= 0.6 is 24.0 Å². The smallest absolute Gasteiger partial charge is 0.225 e. The van der Waals surface area contributed by atoms with Crippen molar-refractivity contribution in [1.29, 1.82) is 0 Å². The van der Waals surface area contributed by atoms with E-state index in [-0.39, 0.29) is 24.0 Å². The van der Waals surface area contributed by atoms with E-state index in [2.05, 4.69) is 39.3 Å². The molecule has 0 aromatic carbocycles. The number of aliphatic imine (C=N–C) groups is 1. The van der Waals surface area contributed by atoms with Crippen molar-refractivity contribution in [2.45, 2.75) is 33.1 Å². The fourth-order valence-corrected chi connectivity index (χ4v) is 2.96. The third-order valence-corrected chi connectivity index (χ3v) is 4.76. The van der Waals surface area contributed by atoms with Gasteiger partial charge in [-0.05, 0) is 18.8 Å². The lowest BCUT2D eigenvalue weighted by Gasteiger charge is -2.38. The Morgan fingerprint density at radius 2 is 1.83 bits per heavy atom. The van der Waals surface area contributed by atoms with E-state index in [4.69, 9.17) is 0 Å². The molecule has 2 aliphatic rings. The van der Waals surface area contributed by atoms with Crippen molar-refractivity contribution in [2.24, 2.45) is 16.8 Å². The van der Waals surface area contributed by atoms with Crippen LogP contribution in [-0.2, 0) is 4.79 Å². The van der Waals surface area contributed by atoms with Gasteiger partial charge in [-0.25, -0.2) is 0 Å². The first-order valence-electron chi connectivity index (χ1n) is 9.05. The molecule has 0 radical (unpaired) electrons. The molecule has 0 spiro atoms. The van der Waals surface area contributed by atoms with Crippen molar-refractivity contribution < 1.29 is 4.79 Å². The predicted molar refractivity (Wildman–Crippen MR) is 110 cm³/mol. The van der Waals surface area contributed by atoms with Crippen molar-refractivity contribution >= 4 is 35.8 Å². The minimum absolute atomic E-state index is 0. The van der Waals surface area contributed by atoms with Gasteiger partial charge in [0.05, 0.1) is 0 Å². The van der Waals surface area contributed by atoms with Gasteiger partial charge in [0.15, 0.2) is 5.96 Å². The van der Waals surface area contributed by atoms with Gasteiger partial charge in [0.25, 0.3) is 0 Å². The average Bonchev–Trinajstić information content (AvgIpc) is 2.49. The topological polar surface area (TPSA) is 60.0 Å². The van der Waals surface area contributed by atoms with Gasteiger partial charge in [-0.15, -0.1) is 24.0 Å². The number of amides is 1. The summed E-state index contributed by atoms with van der Waals surface area (Å²) in [5.41, 5.74) is 0. The number of piperazine rings is 1. The summed E-state index contributed by atoms with van der Waals surface area (Å²) in [5, 5.41) is 6.68. The first kappa shape index (κ1) is 21.5. The molecule has 1 saturated carbocycles. The zero-order valence-corrected chi connectivity index (χ0v) is 17.7. The number of guanidine groups is 1. The van der Waals surface area contributed by atoms with Crippen LogP contribution in [0.25, 0.3) is 0 Å². The van der Waals surface area contributed by atoms with E-state index in [1.54, 1.807) is 7.05 Å². The Morgan fingerprint density at radius 3 is 2.33 bits per heavy atom. The highest BCUT2D eigenvalue weighted by molar-refractivity contribution is 14.0. The second-order valence-electron chi connectivity index (χ2n) is 7.07. The molecule has 1 amide bonds. The Morgan fingerprint density at radius 1 is 1.17 bits per heavy atom. The second-order valence-corrected chi connectivity index (χ2v) is 7.07. The van der Waals surface area contributed by atoms with E-state index < -0.39 is 0 Å². The molecule has 2 fully saturated rings. The highest BCUT2D eigenvalue weighted by Gasteiger charge is 2.30. The van der Waals surface area contributed by atoms with Gasteiger partial charge < -0.3 is 15.5 Å². The molecule has 0 bridgehead atoms. The highest BCUT2D eigenvalue weighted by Crippen LogP contribution is 2.28. The van der Waals surface area contributed by atoms with Crippen LogP contribution in [0.4, 0.5) is 0 Å². The fraction of sp³-hybridized carbons (Fsp3) is 0.882. The summed E-state index contributed by atoms with van der Waals surface area (Å²) < 4.78 is 0. The Labute approximate surface area is 163 Å². The maximum Gasteiger partial charge on any atom is 0.225 e. The predicted octanol–water partition coefficient (Wildman–Crippen LogP) is 1.37. The van der Waals surface area contributed by atoms with Crippen LogP contribution in [-0.4, -0.2) is 74.5 Å². The number of nitrogens with one attached hydrogen (secondary N) is 2. The van der Waals surface area contributed by atoms with Gasteiger partial charge in [-0.1, -0.05) is 20.3 Å². The van der Waals surface area contributed by atoms with Crippen LogP contribution in [0, 0.1) is 11.8 Å². The van der Waals surface area contributed by atoms with E-state index >= 15 is 0 Å². The summed E-state index contributed by atoms with van der Waals surface area (Å²) in [6.45, 7) is 10.9. The monoisotopic (exact) mass is 451 g/mol. The molecule has 0 aromatic rings. The number of carbonyl (C=O) groups is 1. The molecule has 0 atom stereocenters. The lowest BCUT2D eigenvalue weighted by atomic mass is 9.84. The molecule has 1 aliphatic carbocycles. The molecule has 1 saturated heterocycles. The number of halogens is 1. The molecule has 1 heterocycles. The Bertz CT molecular complexity index is 404. The molecular formula is C17H34IN5O. The summed E-state index contributed by atoms with van der Waals surface area (Å²) in [4.78, 5) is 21.0. The molecule has 1 aliphatic heterocycles. The van der Waals surface area contributed by atoms with Crippen LogP contribution in [0.5, 0.6) is 0 Å². The molecule has 0 unspecified atom stereocenters. The minimum atomic E-state index is 0. The lowest BCUT2D eigenvalue weighted by Crippen LogP contribution is -2.52. The van der Waals surface area contributed by atoms with Gasteiger partial charge >= 0.3 is 0 Å². The molecule has 7 heteroatoms. The summed E-state index contributed by atoms with van der Waals surface area (Å²) in [7, 11) is 1.81. The molecular weight excluding hydrogens is 417 g/mol. The van der Waals surface area contributed by atoms with Crippen LogP contribution in [0.2, 0.25) is 0 Å². The third-order valence-electron chi connectivity index (χ3n) is 4.76. The Hall–Kier alpha value is -0.570. The van der Waals surface area contributed by atoms with Gasteiger partial charge in [-0.2, -0.15) is 0 Å². The molecule has 24 heavy (non-hydrogen) atoms. The average molecular weight is 451 g/mol. The van der Waals surface area contributed by atoms with Crippen molar-refractivity contribution in [3.05, 3.63) is 0 Å². The van der Waals surface area contributed by atoms with Crippen molar-refractivity contribution in [1.82, 2.24) is 20.4 Å². The van der Waals surface area contributed by atoms with Gasteiger partial charge in [-0.3, -0.25) is 14.7 Å². The summed E-state index contributed by atoms with van der Waals surface area (Å²) in [5.74, 6) is 2.21. The van der Waals surface area contributed by atoms with E-state index in [0.29, 0.717) is 17.7 Å². The van der Waals surface area contributed by atoms with Gasteiger partial charge in [0.2, 0.25) is 5.91 Å². The number of rotatable bonds is 6. The number of carbonyl (C=O) groups excluding carboxylic acids is 1. The first-order valence-corrected chi connectivity index (χ1v) is 9.05. The van der Waals surface area contributed by atoms with E-state index in [1.165, 1.54) is 6.42 Å². The summed E-state index contributed by atoms with van der Waals surface area (Å²) in [6.07, 6.45) is 3.44. The zero-order valence-electron chi connectivity index (χ0n) is 15.4. The summed E-state index contributed by atoms with van der Waals surface area (Å²) in [6, 6.07) is 0. The number of hydrogen-bond donors (Lipinski definition) is 2. The van der Waals surface area contributed by atoms with E-state index in [0.717, 1.165) is 64.6 Å². The van der Waals surface area contributed by atoms with Crippen LogP contribution in [0.1, 0.15) is 33.1 Å². The largest absolute Gasteiger partial charge is 0.356 e. The van der Waals surface area contributed by atoms with Crippen LogP contribution in [0.3, 0.4) is 0 Å². The first-order chi connectivity index (χ1) is 11.1. The highest BCUT2D eigenvalue weighted by atomic mass is 127. The SMILES string of the molecule is CN=C(NCCN1CCN(C(=O)C2CCC2)CC1)NCC(C)C.I. The fourth-order valence-electron chi connectivity index (χ4n) is 2.96. The molecule has 0 aromatic heterocycles. The molecule has 2 N–H and O–H groups in total. The van der Waals surface area contributed by atoms with Crippen LogP contribution in [0.15, 0.2) is 4.99 Å². The lowest BCUT2D eigenvalue weighted by molar-refractivity contribution is -0.139. The maximum atomic E-state index is 12.2.